The summed E-state index contributed by atoms with van der Waals surface area (Å²) in [6, 6.07) is 0. The van der Waals surface area contributed by atoms with Gasteiger partial charge in [-0.15, -0.1) is 12.4 Å². The van der Waals surface area contributed by atoms with E-state index in [4.69, 9.17) is 0 Å². The van der Waals surface area contributed by atoms with Crippen molar-refractivity contribution in [2.24, 2.45) is 29.6 Å². The van der Waals surface area contributed by atoms with E-state index < -0.39 is 0 Å². The van der Waals surface area contributed by atoms with Crippen LogP contribution < -0.4 is 10.6 Å². The fraction of sp³-hybridized carbons (Fsp3) is 0.944. The second kappa shape index (κ2) is 7.71. The molecule has 5 aliphatic rings. The minimum atomic E-state index is 0. The standard InChI is InChI=1S/C18H31N3O.ClH/c22-18(20-2-1-5-21-6-3-19-4-7-21)17-15-9-13-8-14(11-15)12-16(17)10-13;/h13-17,19H,1-12H2,(H,20,22);1H. The summed E-state index contributed by atoms with van der Waals surface area (Å²) < 4.78 is 0. The first-order valence-electron chi connectivity index (χ1n) is 9.50. The highest BCUT2D eigenvalue weighted by molar-refractivity contribution is 5.85. The van der Waals surface area contributed by atoms with Gasteiger partial charge < -0.3 is 15.5 Å². The molecular formula is C18H32ClN3O. The van der Waals surface area contributed by atoms with E-state index in [2.05, 4.69) is 15.5 Å². The summed E-state index contributed by atoms with van der Waals surface area (Å²) in [5.74, 6) is 4.08. The van der Waals surface area contributed by atoms with Crippen molar-refractivity contribution in [3.8, 4) is 0 Å². The van der Waals surface area contributed by atoms with Crippen LogP contribution in [0.1, 0.15) is 38.5 Å². The van der Waals surface area contributed by atoms with Crippen LogP contribution in [-0.2, 0) is 4.79 Å². The lowest BCUT2D eigenvalue weighted by Crippen LogP contribution is -2.51. The van der Waals surface area contributed by atoms with Gasteiger partial charge in [-0.2, -0.15) is 0 Å². The zero-order chi connectivity index (χ0) is 14.9. The molecule has 1 aliphatic heterocycles. The van der Waals surface area contributed by atoms with Gasteiger partial charge in [0.2, 0.25) is 5.91 Å². The molecule has 5 heteroatoms. The number of rotatable bonds is 5. The molecule has 0 aromatic carbocycles. The highest BCUT2D eigenvalue weighted by Gasteiger charge is 2.50. The summed E-state index contributed by atoms with van der Waals surface area (Å²) in [5, 5.41) is 6.65. The third-order valence-electron chi connectivity index (χ3n) is 6.69. The first kappa shape index (κ1) is 17.5. The van der Waals surface area contributed by atoms with Gasteiger partial charge in [0.05, 0.1) is 0 Å². The Hall–Kier alpha value is -0.320. The van der Waals surface area contributed by atoms with Crippen molar-refractivity contribution < 1.29 is 4.79 Å². The molecule has 1 amide bonds. The number of halogens is 1. The molecule has 4 aliphatic carbocycles. The predicted molar refractivity (Wildman–Crippen MR) is 94.7 cm³/mol. The Balaban J connectivity index is 0.00000156. The molecule has 0 spiro atoms. The molecule has 0 radical (unpaired) electrons. The van der Waals surface area contributed by atoms with Crippen LogP contribution in [0.2, 0.25) is 0 Å². The van der Waals surface area contributed by atoms with Crippen LogP contribution in [0.4, 0.5) is 0 Å². The van der Waals surface area contributed by atoms with Crippen LogP contribution >= 0.6 is 12.4 Å². The quantitative estimate of drug-likeness (QED) is 0.751. The Morgan fingerprint density at radius 2 is 1.61 bits per heavy atom. The van der Waals surface area contributed by atoms with Crippen LogP contribution in [0.25, 0.3) is 0 Å². The molecule has 2 N–H and O–H groups in total. The van der Waals surface area contributed by atoms with Crippen molar-refractivity contribution in [1.29, 1.82) is 0 Å². The van der Waals surface area contributed by atoms with Crippen molar-refractivity contribution in [2.45, 2.75) is 38.5 Å². The smallest absolute Gasteiger partial charge is 0.223 e. The van der Waals surface area contributed by atoms with Gasteiger partial charge in [-0.25, -0.2) is 0 Å². The maximum atomic E-state index is 12.6. The normalized spacial score (nSPS) is 39.0. The number of hydrogen-bond donors (Lipinski definition) is 2. The zero-order valence-corrected chi connectivity index (χ0v) is 15.0. The SMILES string of the molecule is Cl.O=C(NCCCN1CCNCC1)C1C2CC3CC(C2)CC1C3. The molecule has 4 nitrogen and oxygen atoms in total. The molecule has 1 heterocycles. The summed E-state index contributed by atoms with van der Waals surface area (Å²) in [4.78, 5) is 15.2. The third-order valence-corrected chi connectivity index (χ3v) is 6.69. The van der Waals surface area contributed by atoms with E-state index in [-0.39, 0.29) is 12.4 Å². The summed E-state index contributed by atoms with van der Waals surface area (Å²) >= 11 is 0. The molecule has 4 bridgehead atoms. The van der Waals surface area contributed by atoms with Gasteiger partial charge in [0, 0.05) is 38.6 Å². The average Bonchev–Trinajstić information content (AvgIpc) is 2.51. The molecule has 0 unspecified atom stereocenters. The summed E-state index contributed by atoms with van der Waals surface area (Å²) in [6.07, 6.45) is 7.92. The van der Waals surface area contributed by atoms with E-state index in [9.17, 15) is 4.79 Å². The largest absolute Gasteiger partial charge is 0.356 e. The molecule has 0 atom stereocenters. The molecular weight excluding hydrogens is 310 g/mol. The minimum absolute atomic E-state index is 0. The van der Waals surface area contributed by atoms with E-state index in [0.717, 1.165) is 57.5 Å². The Morgan fingerprint density at radius 1 is 1.00 bits per heavy atom. The topological polar surface area (TPSA) is 44.4 Å². The first-order valence-corrected chi connectivity index (χ1v) is 9.50. The van der Waals surface area contributed by atoms with Crippen molar-refractivity contribution in [3.05, 3.63) is 0 Å². The van der Waals surface area contributed by atoms with E-state index >= 15 is 0 Å². The molecule has 0 aromatic rings. The van der Waals surface area contributed by atoms with Gasteiger partial charge >= 0.3 is 0 Å². The van der Waals surface area contributed by atoms with E-state index in [1.165, 1.54) is 32.1 Å². The van der Waals surface area contributed by atoms with Crippen LogP contribution in [0.5, 0.6) is 0 Å². The summed E-state index contributed by atoms with van der Waals surface area (Å²) in [7, 11) is 0. The van der Waals surface area contributed by atoms with Crippen LogP contribution in [0.15, 0.2) is 0 Å². The second-order valence-corrected chi connectivity index (χ2v) is 8.19. The number of carbonyl (C=O) groups excluding carboxylic acids is 1. The number of carbonyl (C=O) groups is 1. The van der Waals surface area contributed by atoms with Crippen LogP contribution in [0.3, 0.4) is 0 Å². The molecule has 132 valence electrons. The highest BCUT2D eigenvalue weighted by atomic mass is 35.5. The number of piperazine rings is 1. The molecule has 0 aromatic heterocycles. The Bertz CT molecular complexity index is 383. The lowest BCUT2D eigenvalue weighted by molar-refractivity contribution is -0.138. The monoisotopic (exact) mass is 341 g/mol. The van der Waals surface area contributed by atoms with Crippen molar-refractivity contribution in [3.63, 3.8) is 0 Å². The van der Waals surface area contributed by atoms with Gasteiger partial charge in [-0.1, -0.05) is 0 Å². The lowest BCUT2D eigenvalue weighted by atomic mass is 9.51. The van der Waals surface area contributed by atoms with Crippen LogP contribution in [-0.4, -0.2) is 50.1 Å². The maximum Gasteiger partial charge on any atom is 0.223 e. The van der Waals surface area contributed by atoms with Crippen molar-refractivity contribution in [2.75, 3.05) is 39.3 Å². The van der Waals surface area contributed by atoms with Gasteiger partial charge in [0.25, 0.3) is 0 Å². The first-order chi connectivity index (χ1) is 10.8. The molecule has 23 heavy (non-hydrogen) atoms. The van der Waals surface area contributed by atoms with Crippen molar-refractivity contribution >= 4 is 18.3 Å². The van der Waals surface area contributed by atoms with Gasteiger partial charge in [-0.3, -0.25) is 4.79 Å². The van der Waals surface area contributed by atoms with Gasteiger partial charge in [0.1, 0.15) is 0 Å². The van der Waals surface area contributed by atoms with Crippen LogP contribution in [0, 0.1) is 29.6 Å². The van der Waals surface area contributed by atoms with Gasteiger partial charge in [-0.05, 0) is 68.7 Å². The summed E-state index contributed by atoms with van der Waals surface area (Å²) in [6.45, 7) is 6.53. The van der Waals surface area contributed by atoms with Gasteiger partial charge in [0.15, 0.2) is 0 Å². The number of nitrogens with zero attached hydrogens (tertiary/aromatic N) is 1. The fourth-order valence-corrected chi connectivity index (χ4v) is 5.92. The number of hydrogen-bond acceptors (Lipinski definition) is 3. The summed E-state index contributed by atoms with van der Waals surface area (Å²) in [5.41, 5.74) is 0. The Labute approximate surface area is 146 Å². The van der Waals surface area contributed by atoms with E-state index in [1.807, 2.05) is 0 Å². The third kappa shape index (κ3) is 3.85. The Morgan fingerprint density at radius 3 is 2.22 bits per heavy atom. The molecule has 4 saturated carbocycles. The number of amides is 1. The molecule has 5 fully saturated rings. The Kier molecular flexibility index (Phi) is 5.87. The zero-order valence-electron chi connectivity index (χ0n) is 14.1. The molecule has 1 saturated heterocycles. The lowest BCUT2D eigenvalue weighted by Gasteiger charge is -2.53. The van der Waals surface area contributed by atoms with Crippen molar-refractivity contribution in [1.82, 2.24) is 15.5 Å². The average molecular weight is 342 g/mol. The molecule has 5 rings (SSSR count). The minimum Gasteiger partial charge on any atom is -0.356 e. The maximum absolute atomic E-state index is 12.6. The van der Waals surface area contributed by atoms with E-state index in [0.29, 0.717) is 23.7 Å². The predicted octanol–water partition coefficient (Wildman–Crippen LogP) is 1.89. The highest BCUT2D eigenvalue weighted by Crippen LogP contribution is 2.56. The van der Waals surface area contributed by atoms with E-state index in [1.54, 1.807) is 0 Å². The second-order valence-electron chi connectivity index (χ2n) is 8.19. The number of nitrogens with one attached hydrogen (secondary N) is 2. The fourth-order valence-electron chi connectivity index (χ4n) is 5.92.